The summed E-state index contributed by atoms with van der Waals surface area (Å²) < 4.78 is 36.9. The van der Waals surface area contributed by atoms with Gasteiger partial charge in [0.25, 0.3) is 0 Å². The van der Waals surface area contributed by atoms with E-state index >= 15 is 0 Å². The molecule has 0 amide bonds. The Morgan fingerprint density at radius 2 is 1.80 bits per heavy atom. The quantitative estimate of drug-likeness (QED) is 0.729. The molecule has 9 heteroatoms. The number of carbonyl (C=O) groups excluding carboxylic acids is 2. The molecule has 0 aliphatic heterocycles. The molecular weight excluding hydrogens is 366 g/mol. The lowest BCUT2D eigenvalue weighted by atomic mass is 10.1. The van der Waals surface area contributed by atoms with E-state index in [1.165, 1.54) is 25.7 Å². The van der Waals surface area contributed by atoms with E-state index in [4.69, 9.17) is 4.74 Å². The number of thiophene rings is 1. The Labute approximate surface area is 149 Å². The Kier molecular flexibility index (Phi) is 6.29. The van der Waals surface area contributed by atoms with Crippen LogP contribution in [0.4, 0.5) is 0 Å². The predicted octanol–water partition coefficient (Wildman–Crippen LogP) is 1.60. The maximum absolute atomic E-state index is 12.6. The Morgan fingerprint density at radius 3 is 2.40 bits per heavy atom. The first-order chi connectivity index (χ1) is 11.9. The molecule has 2 aromatic rings. The number of rotatable bonds is 7. The molecule has 1 heterocycles. The van der Waals surface area contributed by atoms with Crippen molar-refractivity contribution >= 4 is 33.3 Å². The minimum atomic E-state index is -4.12. The van der Waals surface area contributed by atoms with Gasteiger partial charge < -0.3 is 9.47 Å². The summed E-state index contributed by atoms with van der Waals surface area (Å²) in [7, 11) is -1.77. The molecule has 134 valence electrons. The summed E-state index contributed by atoms with van der Waals surface area (Å²) in [6, 6.07) is 9.09. The van der Waals surface area contributed by atoms with Crippen LogP contribution in [0.1, 0.15) is 15.2 Å². The van der Waals surface area contributed by atoms with Gasteiger partial charge in [-0.1, -0.05) is 30.3 Å². The molecule has 1 aromatic carbocycles. The van der Waals surface area contributed by atoms with Crippen molar-refractivity contribution in [2.24, 2.45) is 0 Å². The van der Waals surface area contributed by atoms with E-state index in [1.807, 2.05) is 6.07 Å². The maximum atomic E-state index is 12.6. The Morgan fingerprint density at radius 1 is 1.12 bits per heavy atom. The number of carbonyl (C=O) groups is 2. The van der Waals surface area contributed by atoms with Crippen LogP contribution in [0.2, 0.25) is 0 Å². The molecule has 1 N–H and O–H groups in total. The Balaban J connectivity index is 2.30. The molecule has 0 bridgehead atoms. The van der Waals surface area contributed by atoms with Gasteiger partial charge in [-0.05, 0) is 23.4 Å². The molecule has 0 aliphatic carbocycles. The number of sulfonamides is 1. The third-order valence-corrected chi connectivity index (χ3v) is 5.89. The molecule has 0 saturated carbocycles. The minimum absolute atomic E-state index is 0.0571. The second-order valence-corrected chi connectivity index (χ2v) is 7.59. The highest BCUT2D eigenvalue weighted by Gasteiger charge is 2.30. The van der Waals surface area contributed by atoms with Crippen LogP contribution in [0.5, 0.6) is 0 Å². The van der Waals surface area contributed by atoms with Crippen molar-refractivity contribution in [1.82, 2.24) is 4.72 Å². The van der Waals surface area contributed by atoms with Crippen molar-refractivity contribution in [1.29, 1.82) is 0 Å². The molecule has 0 radical (unpaired) electrons. The van der Waals surface area contributed by atoms with Gasteiger partial charge in [0.15, 0.2) is 0 Å². The molecule has 7 nitrogen and oxygen atoms in total. The second-order valence-electron chi connectivity index (χ2n) is 4.99. The van der Waals surface area contributed by atoms with Crippen LogP contribution in [-0.4, -0.2) is 40.6 Å². The van der Waals surface area contributed by atoms with Gasteiger partial charge in [-0.2, -0.15) is 4.72 Å². The Bertz CT molecular complexity index is 845. The van der Waals surface area contributed by atoms with Crippen LogP contribution in [0, 0.1) is 0 Å². The highest BCUT2D eigenvalue weighted by Crippen LogP contribution is 2.23. The summed E-state index contributed by atoms with van der Waals surface area (Å²) in [4.78, 5) is 23.4. The van der Waals surface area contributed by atoms with Crippen molar-refractivity contribution in [2.75, 3.05) is 14.2 Å². The van der Waals surface area contributed by atoms with E-state index in [0.717, 1.165) is 16.9 Å². The van der Waals surface area contributed by atoms with Gasteiger partial charge in [-0.3, -0.25) is 4.79 Å². The van der Waals surface area contributed by atoms with Crippen LogP contribution < -0.4 is 4.72 Å². The van der Waals surface area contributed by atoms with Gasteiger partial charge in [0.2, 0.25) is 10.0 Å². The largest absolute Gasteiger partial charge is 0.468 e. The van der Waals surface area contributed by atoms with Gasteiger partial charge >= 0.3 is 11.9 Å². The van der Waals surface area contributed by atoms with Crippen molar-refractivity contribution < 1.29 is 27.5 Å². The zero-order valence-electron chi connectivity index (χ0n) is 13.6. The predicted molar refractivity (Wildman–Crippen MR) is 91.9 cm³/mol. The molecule has 1 unspecified atom stereocenters. The van der Waals surface area contributed by atoms with Gasteiger partial charge in [0.1, 0.15) is 15.8 Å². The number of ether oxygens (including phenoxy) is 2. The van der Waals surface area contributed by atoms with Crippen molar-refractivity contribution in [3.8, 4) is 0 Å². The van der Waals surface area contributed by atoms with Gasteiger partial charge in [-0.15, -0.1) is 11.3 Å². The summed E-state index contributed by atoms with van der Waals surface area (Å²) >= 11 is 0.944. The smallest absolute Gasteiger partial charge is 0.349 e. The topological polar surface area (TPSA) is 98.8 Å². The highest BCUT2D eigenvalue weighted by molar-refractivity contribution is 7.89. The summed E-state index contributed by atoms with van der Waals surface area (Å²) in [6.45, 7) is 0. The number of esters is 2. The number of hydrogen-bond donors (Lipinski definition) is 1. The average molecular weight is 383 g/mol. The van der Waals surface area contributed by atoms with Crippen LogP contribution in [0.15, 0.2) is 46.7 Å². The van der Waals surface area contributed by atoms with Gasteiger partial charge in [-0.25, -0.2) is 13.2 Å². The third kappa shape index (κ3) is 4.65. The number of benzene rings is 1. The zero-order valence-corrected chi connectivity index (χ0v) is 15.2. The van der Waals surface area contributed by atoms with E-state index in [0.29, 0.717) is 0 Å². The summed E-state index contributed by atoms with van der Waals surface area (Å²) in [5.41, 5.74) is 0.763. The standard InChI is InChI=1S/C16H17NO6S2/c1-22-15(18)12(10-11-6-4-3-5-7-11)17-25(20,21)13-8-9-24-14(13)16(19)23-2/h3-9,12,17H,10H2,1-2H3. The van der Waals surface area contributed by atoms with Crippen LogP contribution >= 0.6 is 11.3 Å². The zero-order chi connectivity index (χ0) is 18.4. The molecular formula is C16H17NO6S2. The second kappa shape index (κ2) is 8.24. The molecule has 25 heavy (non-hydrogen) atoms. The lowest BCUT2D eigenvalue weighted by Crippen LogP contribution is -2.43. The van der Waals surface area contributed by atoms with Crippen molar-refractivity contribution in [3.05, 3.63) is 52.2 Å². The fourth-order valence-corrected chi connectivity index (χ4v) is 4.69. The Hall–Kier alpha value is -2.23. The molecule has 0 saturated heterocycles. The third-order valence-electron chi connectivity index (χ3n) is 3.36. The molecule has 2 rings (SSSR count). The maximum Gasteiger partial charge on any atom is 0.349 e. The molecule has 0 fully saturated rings. The first-order valence-electron chi connectivity index (χ1n) is 7.19. The van der Waals surface area contributed by atoms with Crippen LogP contribution in [0.25, 0.3) is 0 Å². The number of methoxy groups -OCH3 is 2. The van der Waals surface area contributed by atoms with Crippen LogP contribution in [-0.2, 0) is 30.7 Å². The van der Waals surface area contributed by atoms with E-state index in [1.54, 1.807) is 24.3 Å². The molecule has 1 atom stereocenters. The fourth-order valence-electron chi connectivity index (χ4n) is 2.17. The van der Waals surface area contributed by atoms with Gasteiger partial charge in [0, 0.05) is 0 Å². The van der Waals surface area contributed by atoms with Crippen molar-refractivity contribution in [2.45, 2.75) is 17.4 Å². The lowest BCUT2D eigenvalue weighted by molar-refractivity contribution is -0.142. The summed E-state index contributed by atoms with van der Waals surface area (Å²) in [5.74, 6) is -1.48. The monoisotopic (exact) mass is 383 g/mol. The SMILES string of the molecule is COC(=O)c1sccc1S(=O)(=O)NC(Cc1ccccc1)C(=O)OC. The first kappa shape index (κ1) is 19.1. The number of nitrogens with one attached hydrogen (secondary N) is 1. The summed E-state index contributed by atoms with van der Waals surface area (Å²) in [5, 5.41) is 1.46. The molecule has 0 spiro atoms. The normalized spacial score (nSPS) is 12.4. The van der Waals surface area contributed by atoms with E-state index in [2.05, 4.69) is 9.46 Å². The lowest BCUT2D eigenvalue weighted by Gasteiger charge is -2.16. The molecule has 1 aromatic heterocycles. The van der Waals surface area contributed by atoms with E-state index in [-0.39, 0.29) is 16.2 Å². The van der Waals surface area contributed by atoms with Gasteiger partial charge in [0.05, 0.1) is 14.2 Å². The van der Waals surface area contributed by atoms with E-state index in [9.17, 15) is 18.0 Å². The molecule has 0 aliphatic rings. The first-order valence-corrected chi connectivity index (χ1v) is 9.55. The van der Waals surface area contributed by atoms with E-state index < -0.39 is 28.0 Å². The highest BCUT2D eigenvalue weighted by atomic mass is 32.2. The average Bonchev–Trinajstić information content (AvgIpc) is 3.11. The minimum Gasteiger partial charge on any atom is -0.468 e. The number of hydrogen-bond acceptors (Lipinski definition) is 7. The summed E-state index contributed by atoms with van der Waals surface area (Å²) in [6.07, 6.45) is 0.116. The van der Waals surface area contributed by atoms with Crippen molar-refractivity contribution in [3.63, 3.8) is 0 Å². The van der Waals surface area contributed by atoms with Crippen LogP contribution in [0.3, 0.4) is 0 Å². The fraction of sp³-hybridized carbons (Fsp3) is 0.250.